The van der Waals surface area contributed by atoms with Gasteiger partial charge in [0.2, 0.25) is 11.8 Å². The first-order valence-electron chi connectivity index (χ1n) is 8.12. The summed E-state index contributed by atoms with van der Waals surface area (Å²) in [6.45, 7) is 0.0560. The van der Waals surface area contributed by atoms with Crippen LogP contribution in [0, 0.1) is 0 Å². The normalized spacial score (nSPS) is 16.8. The molecule has 7 heteroatoms. The van der Waals surface area contributed by atoms with Crippen LogP contribution in [-0.2, 0) is 9.59 Å². The van der Waals surface area contributed by atoms with Crippen molar-refractivity contribution in [2.24, 2.45) is 0 Å². The molecule has 1 aliphatic rings. The van der Waals surface area contributed by atoms with Gasteiger partial charge in [-0.3, -0.25) is 9.59 Å². The smallest absolute Gasteiger partial charge is 0.243 e. The van der Waals surface area contributed by atoms with Gasteiger partial charge in [0.25, 0.3) is 0 Å². The zero-order chi connectivity index (χ0) is 17.4. The number of carbonyl (C=O) groups is 2. The summed E-state index contributed by atoms with van der Waals surface area (Å²) in [4.78, 5) is 25.6. The van der Waals surface area contributed by atoms with E-state index in [9.17, 15) is 9.59 Å². The van der Waals surface area contributed by atoms with Gasteiger partial charge in [0.1, 0.15) is 0 Å². The fourth-order valence-corrected chi connectivity index (χ4v) is 5.69. The highest BCUT2D eigenvalue weighted by molar-refractivity contribution is 8.77. The molecule has 0 aromatic heterocycles. The van der Waals surface area contributed by atoms with E-state index in [2.05, 4.69) is 5.32 Å². The standard InChI is InChI=1S/C17H23ClN2O2S2/c1-20(12-16(21)19-14-6-4-5-13(18)11-14)17(22)8-3-2-7-15-9-10-23-24-15/h4-6,11,15H,2-3,7-10,12H2,1H3,(H,19,21). The third-order valence-electron chi connectivity index (χ3n) is 3.81. The van der Waals surface area contributed by atoms with E-state index in [0.717, 1.165) is 18.1 Å². The molecule has 0 bridgehead atoms. The van der Waals surface area contributed by atoms with Gasteiger partial charge in [-0.15, -0.1) is 0 Å². The molecule has 1 aliphatic heterocycles. The van der Waals surface area contributed by atoms with Gasteiger partial charge in [0.15, 0.2) is 0 Å². The number of nitrogens with zero attached hydrogens (tertiary/aromatic N) is 1. The quantitative estimate of drug-likeness (QED) is 0.529. The van der Waals surface area contributed by atoms with Gasteiger partial charge in [-0.2, -0.15) is 0 Å². The van der Waals surface area contributed by atoms with E-state index in [1.165, 1.54) is 23.5 Å². The summed E-state index contributed by atoms with van der Waals surface area (Å²) in [7, 11) is 5.60. The lowest BCUT2D eigenvalue weighted by molar-refractivity contribution is -0.133. The average Bonchev–Trinajstić information content (AvgIpc) is 3.04. The van der Waals surface area contributed by atoms with Crippen molar-refractivity contribution in [3.8, 4) is 0 Å². The summed E-state index contributed by atoms with van der Waals surface area (Å²) in [5.74, 6) is 1.05. The predicted octanol–water partition coefficient (Wildman–Crippen LogP) is 4.45. The molecule has 0 spiro atoms. The minimum absolute atomic E-state index is 0.0182. The molecule has 1 saturated heterocycles. The Morgan fingerprint density at radius 2 is 2.21 bits per heavy atom. The summed E-state index contributed by atoms with van der Waals surface area (Å²) in [5, 5.41) is 4.07. The summed E-state index contributed by atoms with van der Waals surface area (Å²) in [5.41, 5.74) is 0.639. The molecular weight excluding hydrogens is 364 g/mol. The van der Waals surface area contributed by atoms with Crippen molar-refractivity contribution in [3.05, 3.63) is 29.3 Å². The maximum atomic E-state index is 12.1. The van der Waals surface area contributed by atoms with Crippen LogP contribution in [0.1, 0.15) is 32.1 Å². The summed E-state index contributed by atoms with van der Waals surface area (Å²) in [6.07, 6.45) is 4.94. The van der Waals surface area contributed by atoms with E-state index in [0.29, 0.717) is 17.1 Å². The molecule has 2 rings (SSSR count). The highest BCUT2D eigenvalue weighted by atomic mass is 35.5. The first-order valence-corrected chi connectivity index (χ1v) is 10.9. The van der Waals surface area contributed by atoms with Gasteiger partial charge in [-0.05, 0) is 37.5 Å². The number of carbonyl (C=O) groups excluding carboxylic acids is 2. The van der Waals surface area contributed by atoms with Gasteiger partial charge in [-0.1, -0.05) is 45.7 Å². The van der Waals surface area contributed by atoms with Crippen LogP contribution in [0.15, 0.2) is 24.3 Å². The summed E-state index contributed by atoms with van der Waals surface area (Å²) >= 11 is 5.88. The van der Waals surface area contributed by atoms with Gasteiger partial charge < -0.3 is 10.2 Å². The number of halogens is 1. The zero-order valence-electron chi connectivity index (χ0n) is 13.8. The topological polar surface area (TPSA) is 49.4 Å². The lowest BCUT2D eigenvalue weighted by atomic mass is 10.1. The molecule has 1 N–H and O–H groups in total. The second-order valence-corrected chi connectivity index (χ2v) is 9.11. The molecule has 0 aliphatic carbocycles. The third kappa shape index (κ3) is 6.95. The number of rotatable bonds is 8. The number of hydrogen-bond acceptors (Lipinski definition) is 4. The van der Waals surface area contributed by atoms with E-state index in [-0.39, 0.29) is 18.4 Å². The van der Waals surface area contributed by atoms with Crippen molar-refractivity contribution in [1.29, 1.82) is 0 Å². The summed E-state index contributed by atoms with van der Waals surface area (Å²) in [6, 6.07) is 6.97. The maximum Gasteiger partial charge on any atom is 0.243 e. The highest BCUT2D eigenvalue weighted by Gasteiger charge is 2.17. The lowest BCUT2D eigenvalue weighted by Crippen LogP contribution is -2.34. The molecule has 4 nitrogen and oxygen atoms in total. The number of hydrogen-bond donors (Lipinski definition) is 1. The Morgan fingerprint density at radius 1 is 1.38 bits per heavy atom. The van der Waals surface area contributed by atoms with E-state index in [1.54, 1.807) is 31.3 Å². The van der Waals surface area contributed by atoms with Crippen molar-refractivity contribution in [2.75, 3.05) is 24.7 Å². The van der Waals surface area contributed by atoms with Gasteiger partial charge >= 0.3 is 0 Å². The lowest BCUT2D eigenvalue weighted by Gasteiger charge is -2.17. The Bertz CT molecular complexity index is 565. The molecule has 1 aromatic carbocycles. The highest BCUT2D eigenvalue weighted by Crippen LogP contribution is 2.39. The fourth-order valence-electron chi connectivity index (χ4n) is 2.47. The fraction of sp³-hybridized carbons (Fsp3) is 0.529. The second-order valence-electron chi connectivity index (χ2n) is 5.88. The molecule has 132 valence electrons. The Hall–Kier alpha value is -0.850. The first-order chi connectivity index (χ1) is 11.5. The monoisotopic (exact) mass is 386 g/mol. The van der Waals surface area contributed by atoms with Crippen LogP contribution in [0.4, 0.5) is 5.69 Å². The number of anilines is 1. The van der Waals surface area contributed by atoms with E-state index >= 15 is 0 Å². The molecular formula is C17H23ClN2O2S2. The van der Waals surface area contributed by atoms with Crippen LogP contribution in [0.5, 0.6) is 0 Å². The Balaban J connectivity index is 1.63. The average molecular weight is 387 g/mol. The van der Waals surface area contributed by atoms with Crippen molar-refractivity contribution >= 4 is 50.7 Å². The Labute approximate surface area is 156 Å². The van der Waals surface area contributed by atoms with Crippen LogP contribution in [0.3, 0.4) is 0 Å². The van der Waals surface area contributed by atoms with Crippen LogP contribution < -0.4 is 5.32 Å². The predicted molar refractivity (Wildman–Crippen MR) is 105 cm³/mol. The van der Waals surface area contributed by atoms with E-state index < -0.39 is 0 Å². The Morgan fingerprint density at radius 3 is 2.92 bits per heavy atom. The SMILES string of the molecule is CN(CC(=O)Nc1cccc(Cl)c1)C(=O)CCCCC1CCSS1. The largest absolute Gasteiger partial charge is 0.336 e. The molecule has 0 radical (unpaired) electrons. The van der Waals surface area contributed by atoms with Crippen molar-refractivity contribution in [1.82, 2.24) is 4.90 Å². The van der Waals surface area contributed by atoms with Gasteiger partial charge in [0.05, 0.1) is 6.54 Å². The molecule has 1 unspecified atom stereocenters. The van der Waals surface area contributed by atoms with Crippen molar-refractivity contribution in [3.63, 3.8) is 0 Å². The molecule has 1 aromatic rings. The van der Waals surface area contributed by atoms with Crippen LogP contribution in [0.25, 0.3) is 0 Å². The molecule has 1 fully saturated rings. The number of benzene rings is 1. The molecule has 24 heavy (non-hydrogen) atoms. The van der Waals surface area contributed by atoms with Crippen molar-refractivity contribution in [2.45, 2.75) is 37.4 Å². The zero-order valence-corrected chi connectivity index (χ0v) is 16.2. The maximum absolute atomic E-state index is 12.1. The third-order valence-corrected chi connectivity index (χ3v) is 7.05. The van der Waals surface area contributed by atoms with E-state index in [4.69, 9.17) is 11.6 Å². The van der Waals surface area contributed by atoms with E-state index in [1.807, 2.05) is 21.6 Å². The van der Waals surface area contributed by atoms with Gasteiger partial charge in [0, 0.05) is 35.2 Å². The first kappa shape index (κ1) is 19.5. The van der Waals surface area contributed by atoms with Crippen LogP contribution in [0.2, 0.25) is 5.02 Å². The molecule has 1 heterocycles. The number of unbranched alkanes of at least 4 members (excludes halogenated alkanes) is 1. The molecule has 0 saturated carbocycles. The van der Waals surface area contributed by atoms with Gasteiger partial charge in [-0.25, -0.2) is 0 Å². The molecule has 1 atom stereocenters. The minimum Gasteiger partial charge on any atom is -0.336 e. The summed E-state index contributed by atoms with van der Waals surface area (Å²) < 4.78 is 0. The van der Waals surface area contributed by atoms with Crippen molar-refractivity contribution < 1.29 is 9.59 Å². The van der Waals surface area contributed by atoms with Crippen LogP contribution >= 0.6 is 33.2 Å². The number of nitrogens with one attached hydrogen (secondary N) is 1. The number of likely N-dealkylation sites (N-methyl/N-ethyl adjacent to an activating group) is 1. The second kappa shape index (κ2) is 10.2. The van der Waals surface area contributed by atoms with Crippen LogP contribution in [-0.4, -0.2) is 41.3 Å². The Kier molecular flexibility index (Phi) is 8.29. The molecule has 2 amide bonds. The number of amides is 2. The minimum atomic E-state index is -0.215.